The fourth-order valence-electron chi connectivity index (χ4n) is 3.62. The summed E-state index contributed by atoms with van der Waals surface area (Å²) in [5, 5.41) is 9.23. The first-order valence-corrected chi connectivity index (χ1v) is 9.91. The van der Waals surface area contributed by atoms with E-state index in [1.165, 1.54) is 32.1 Å². The number of ketones is 1. The van der Waals surface area contributed by atoms with Gasteiger partial charge < -0.3 is 17.0 Å². The van der Waals surface area contributed by atoms with Crippen LogP contribution < -0.4 is 4.57 Å². The molecular weight excluding hydrogens is 376 g/mol. The summed E-state index contributed by atoms with van der Waals surface area (Å²) in [4.78, 5) is 38.6. The van der Waals surface area contributed by atoms with E-state index in [0.717, 1.165) is 0 Å². The SMILES string of the molecule is C[C@@H](CC(=O)OC[n+]1cccc(C(=O)CCCO[N+](=O)[O-])c1)C1CCCCC1.[CH3-]. The molecule has 1 heterocycles. The summed E-state index contributed by atoms with van der Waals surface area (Å²) in [6.45, 7) is 2.07. The maximum absolute atomic E-state index is 12.2. The summed E-state index contributed by atoms with van der Waals surface area (Å²) in [6, 6.07) is 3.37. The van der Waals surface area contributed by atoms with E-state index in [1.54, 1.807) is 29.1 Å². The number of aromatic nitrogens is 1. The minimum absolute atomic E-state index is 0. The molecule has 29 heavy (non-hydrogen) atoms. The second-order valence-electron chi connectivity index (χ2n) is 7.42. The summed E-state index contributed by atoms with van der Waals surface area (Å²) in [6.07, 6.45) is 10.4. The van der Waals surface area contributed by atoms with Crippen molar-refractivity contribution in [3.05, 3.63) is 47.6 Å². The van der Waals surface area contributed by atoms with Crippen molar-refractivity contribution in [3.63, 3.8) is 0 Å². The van der Waals surface area contributed by atoms with E-state index in [1.807, 2.05) is 0 Å². The van der Waals surface area contributed by atoms with Gasteiger partial charge in [0.25, 0.3) is 11.8 Å². The van der Waals surface area contributed by atoms with Crippen molar-refractivity contribution in [1.29, 1.82) is 0 Å². The van der Waals surface area contributed by atoms with Gasteiger partial charge >= 0.3 is 5.97 Å². The van der Waals surface area contributed by atoms with Crippen LogP contribution in [0.3, 0.4) is 0 Å². The smallest absolute Gasteiger partial charge is 0.310 e. The van der Waals surface area contributed by atoms with E-state index >= 15 is 0 Å². The predicted molar refractivity (Wildman–Crippen MR) is 106 cm³/mol. The van der Waals surface area contributed by atoms with Crippen molar-refractivity contribution >= 4 is 11.8 Å². The first-order valence-electron chi connectivity index (χ1n) is 9.91. The number of esters is 1. The normalized spacial score (nSPS) is 15.1. The molecule has 1 fully saturated rings. The molecule has 0 amide bonds. The van der Waals surface area contributed by atoms with Crippen molar-refractivity contribution in [2.45, 2.75) is 65.0 Å². The average molecular weight is 408 g/mol. The summed E-state index contributed by atoms with van der Waals surface area (Å²) < 4.78 is 7.01. The molecule has 0 radical (unpaired) electrons. The van der Waals surface area contributed by atoms with Crippen LogP contribution in [0, 0.1) is 29.4 Å². The number of rotatable bonds is 11. The maximum atomic E-state index is 12.2. The Morgan fingerprint density at radius 2 is 2.03 bits per heavy atom. The number of ether oxygens (including phenoxy) is 1. The largest absolute Gasteiger partial charge is 0.405 e. The summed E-state index contributed by atoms with van der Waals surface area (Å²) in [5.74, 6) is 0.569. The third kappa shape index (κ3) is 9.02. The van der Waals surface area contributed by atoms with Gasteiger partial charge in [-0.25, -0.2) is 0 Å². The fraction of sp³-hybridized carbons (Fsp3) is 0.619. The Hall–Kier alpha value is -2.51. The molecule has 0 unspecified atom stereocenters. The van der Waals surface area contributed by atoms with E-state index in [9.17, 15) is 19.7 Å². The van der Waals surface area contributed by atoms with Gasteiger partial charge in [0.05, 0.1) is 12.2 Å². The molecule has 1 saturated carbocycles. The summed E-state index contributed by atoms with van der Waals surface area (Å²) in [7, 11) is 0. The quantitative estimate of drug-likeness (QED) is 0.105. The summed E-state index contributed by atoms with van der Waals surface area (Å²) in [5.41, 5.74) is 0.468. The predicted octanol–water partition coefficient (Wildman–Crippen LogP) is 3.70. The summed E-state index contributed by atoms with van der Waals surface area (Å²) >= 11 is 0. The first-order chi connectivity index (χ1) is 13.5. The van der Waals surface area contributed by atoms with Crippen molar-refractivity contribution in [2.24, 2.45) is 11.8 Å². The fourth-order valence-corrected chi connectivity index (χ4v) is 3.62. The first kappa shape index (κ1) is 24.5. The third-order valence-corrected chi connectivity index (χ3v) is 5.24. The lowest BCUT2D eigenvalue weighted by atomic mass is 9.79. The lowest BCUT2D eigenvalue weighted by Crippen LogP contribution is -2.36. The Morgan fingerprint density at radius 1 is 1.31 bits per heavy atom. The Morgan fingerprint density at radius 3 is 2.72 bits per heavy atom. The van der Waals surface area contributed by atoms with E-state index < -0.39 is 5.09 Å². The van der Waals surface area contributed by atoms with Gasteiger partial charge in [0, 0.05) is 18.9 Å². The Kier molecular flexibility index (Phi) is 10.9. The standard InChI is InChI=1S/C20H29N2O6.CH3/c1-16(17-7-3-2-4-8-17)13-20(24)27-15-21-11-5-9-18(14-21)19(23)10-6-12-28-22(25)26;/h5,9,11,14,16-17H,2-4,6-8,10,12-13,15H2,1H3;1H3/q+1;-1/t16-;/m0./s1. The van der Waals surface area contributed by atoms with Gasteiger partial charge in [-0.2, -0.15) is 4.57 Å². The molecule has 8 heteroatoms. The van der Waals surface area contributed by atoms with E-state index in [2.05, 4.69) is 11.8 Å². The topological polar surface area (TPSA) is 99.6 Å². The Bertz CT molecular complexity index is 673. The van der Waals surface area contributed by atoms with Gasteiger partial charge in [-0.05, 0) is 24.3 Å². The number of pyridine rings is 1. The molecule has 1 atom stereocenters. The molecule has 0 aliphatic heterocycles. The molecule has 162 valence electrons. The second kappa shape index (κ2) is 12.9. The highest BCUT2D eigenvalue weighted by Gasteiger charge is 2.23. The van der Waals surface area contributed by atoms with Crippen LogP contribution in [0.4, 0.5) is 0 Å². The molecule has 1 aromatic heterocycles. The van der Waals surface area contributed by atoms with Crippen LogP contribution in [0.25, 0.3) is 0 Å². The van der Waals surface area contributed by atoms with E-state index in [0.29, 0.717) is 23.8 Å². The van der Waals surface area contributed by atoms with E-state index in [-0.39, 0.29) is 45.4 Å². The molecule has 8 nitrogen and oxygen atoms in total. The lowest BCUT2D eigenvalue weighted by molar-refractivity contribution is -0.757. The minimum Gasteiger partial charge on any atom is -0.405 e. The molecule has 1 aromatic rings. The van der Waals surface area contributed by atoms with Crippen LogP contribution in [-0.4, -0.2) is 23.4 Å². The Balaban J connectivity index is 0.00000420. The molecule has 2 rings (SSSR count). The Labute approximate surface area is 172 Å². The molecule has 0 bridgehead atoms. The molecule has 0 aromatic carbocycles. The highest BCUT2D eigenvalue weighted by atomic mass is 16.9. The zero-order chi connectivity index (χ0) is 20.4. The number of carbonyl (C=O) groups excluding carboxylic acids is 2. The van der Waals surface area contributed by atoms with Crippen molar-refractivity contribution in [2.75, 3.05) is 6.61 Å². The van der Waals surface area contributed by atoms with Gasteiger partial charge in [-0.1, -0.05) is 39.0 Å². The van der Waals surface area contributed by atoms with Gasteiger partial charge in [-0.15, -0.1) is 10.1 Å². The van der Waals surface area contributed by atoms with Crippen molar-refractivity contribution in [3.8, 4) is 0 Å². The van der Waals surface area contributed by atoms with Gasteiger partial charge in [0.1, 0.15) is 0 Å². The highest BCUT2D eigenvalue weighted by Crippen LogP contribution is 2.31. The number of Topliss-reactive ketones (excluding diaryl/α,β-unsaturated/α-hetero) is 1. The molecular formula is C21H32N2O6. The third-order valence-electron chi connectivity index (χ3n) is 5.24. The monoisotopic (exact) mass is 408 g/mol. The lowest BCUT2D eigenvalue weighted by Gasteiger charge is -2.26. The van der Waals surface area contributed by atoms with Gasteiger partial charge in [0.15, 0.2) is 18.2 Å². The molecule has 0 spiro atoms. The van der Waals surface area contributed by atoms with E-state index in [4.69, 9.17) is 4.74 Å². The number of nitrogens with zero attached hydrogens (tertiary/aromatic N) is 2. The molecule has 0 saturated heterocycles. The zero-order valence-corrected chi connectivity index (χ0v) is 17.4. The maximum Gasteiger partial charge on any atom is 0.310 e. The van der Waals surface area contributed by atoms with Crippen LogP contribution >= 0.6 is 0 Å². The van der Waals surface area contributed by atoms with Crippen molar-refractivity contribution < 1.29 is 28.8 Å². The van der Waals surface area contributed by atoms with Crippen molar-refractivity contribution in [1.82, 2.24) is 0 Å². The van der Waals surface area contributed by atoms with Crippen LogP contribution in [-0.2, 0) is 21.1 Å². The molecule has 1 aliphatic rings. The molecule has 1 aliphatic carbocycles. The number of carbonyl (C=O) groups is 2. The van der Waals surface area contributed by atoms with Crippen LogP contribution in [0.5, 0.6) is 0 Å². The zero-order valence-electron chi connectivity index (χ0n) is 17.4. The minimum atomic E-state index is -0.871. The highest BCUT2D eigenvalue weighted by molar-refractivity contribution is 5.95. The average Bonchev–Trinajstić information content (AvgIpc) is 2.70. The number of hydrogen-bond donors (Lipinski definition) is 0. The van der Waals surface area contributed by atoms with Crippen LogP contribution in [0.15, 0.2) is 24.5 Å². The van der Waals surface area contributed by atoms with Crippen LogP contribution in [0.1, 0.15) is 68.6 Å². The van der Waals surface area contributed by atoms with Gasteiger partial charge in [0.2, 0.25) is 0 Å². The van der Waals surface area contributed by atoms with Gasteiger partial charge in [-0.3, -0.25) is 9.59 Å². The second-order valence-corrected chi connectivity index (χ2v) is 7.42. The number of hydrogen-bond acceptors (Lipinski definition) is 6. The molecule has 0 N–H and O–H groups in total. The van der Waals surface area contributed by atoms with Crippen LogP contribution in [0.2, 0.25) is 0 Å².